The second-order valence-corrected chi connectivity index (χ2v) is 5.32. The van der Waals surface area contributed by atoms with Crippen LogP contribution >= 0.6 is 27.5 Å². The number of rotatable bonds is 6. The van der Waals surface area contributed by atoms with E-state index in [9.17, 15) is 14.4 Å². The van der Waals surface area contributed by atoms with Crippen LogP contribution in [-0.2, 0) is 9.59 Å². The van der Waals surface area contributed by atoms with Gasteiger partial charge in [-0.2, -0.15) is 0 Å². The molecule has 1 rings (SSSR count). The number of halogens is 2. The van der Waals surface area contributed by atoms with Crippen molar-refractivity contribution in [3.63, 3.8) is 0 Å². The summed E-state index contributed by atoms with van der Waals surface area (Å²) in [6.07, 6.45) is -0.217. The number of carboxylic acid groups (broad SMARTS) is 1. The van der Waals surface area contributed by atoms with Gasteiger partial charge in [0.2, 0.25) is 5.91 Å². The van der Waals surface area contributed by atoms with Crippen molar-refractivity contribution in [2.45, 2.75) is 18.9 Å². The Labute approximate surface area is 128 Å². The van der Waals surface area contributed by atoms with Crippen LogP contribution in [0.2, 0.25) is 5.02 Å². The number of carbonyl (C=O) groups is 3. The molecule has 0 bridgehead atoms. The normalized spacial score (nSPS) is 11.7. The van der Waals surface area contributed by atoms with Crippen LogP contribution < -0.4 is 11.1 Å². The largest absolute Gasteiger partial charge is 0.480 e. The molecule has 20 heavy (non-hydrogen) atoms. The maximum absolute atomic E-state index is 12.0. The van der Waals surface area contributed by atoms with E-state index in [4.69, 9.17) is 22.4 Å². The molecule has 0 spiro atoms. The Morgan fingerprint density at radius 3 is 2.60 bits per heavy atom. The molecule has 0 fully saturated rings. The Bertz CT molecular complexity index is 550. The molecule has 1 atom stereocenters. The van der Waals surface area contributed by atoms with Gasteiger partial charge in [-0.1, -0.05) is 27.5 Å². The summed E-state index contributed by atoms with van der Waals surface area (Å²) < 4.78 is 0.635. The van der Waals surface area contributed by atoms with Crippen LogP contribution in [0.25, 0.3) is 0 Å². The zero-order valence-electron chi connectivity index (χ0n) is 10.2. The zero-order valence-corrected chi connectivity index (χ0v) is 12.6. The van der Waals surface area contributed by atoms with Gasteiger partial charge in [0.05, 0.1) is 10.6 Å². The van der Waals surface area contributed by atoms with Crippen LogP contribution in [0.5, 0.6) is 0 Å². The predicted octanol–water partition coefficient (Wildman–Crippen LogP) is 1.55. The van der Waals surface area contributed by atoms with Crippen LogP contribution in [-0.4, -0.2) is 28.9 Å². The molecule has 6 nitrogen and oxygen atoms in total. The van der Waals surface area contributed by atoms with Crippen LogP contribution in [0.1, 0.15) is 23.2 Å². The highest BCUT2D eigenvalue weighted by Gasteiger charge is 2.22. The fourth-order valence-electron chi connectivity index (χ4n) is 1.45. The van der Waals surface area contributed by atoms with Gasteiger partial charge in [-0.3, -0.25) is 9.59 Å². The lowest BCUT2D eigenvalue weighted by Gasteiger charge is -2.14. The highest BCUT2D eigenvalue weighted by molar-refractivity contribution is 9.10. The van der Waals surface area contributed by atoms with Gasteiger partial charge in [-0.25, -0.2) is 4.79 Å². The molecule has 4 N–H and O–H groups in total. The molecule has 0 aliphatic heterocycles. The summed E-state index contributed by atoms with van der Waals surface area (Å²) in [6, 6.07) is 3.44. The molecule has 1 aromatic rings. The first-order valence-electron chi connectivity index (χ1n) is 5.58. The molecule has 0 heterocycles. The van der Waals surface area contributed by atoms with Crippen molar-refractivity contribution in [1.82, 2.24) is 5.32 Å². The summed E-state index contributed by atoms with van der Waals surface area (Å²) in [5.74, 6) is -2.51. The molecule has 0 unspecified atom stereocenters. The fraction of sp³-hybridized carbons (Fsp3) is 0.250. The lowest BCUT2D eigenvalue weighted by Crippen LogP contribution is -2.41. The average Bonchev–Trinajstić information content (AvgIpc) is 2.36. The minimum absolute atomic E-state index is 0.0813. The molecule has 0 saturated carbocycles. The van der Waals surface area contributed by atoms with E-state index >= 15 is 0 Å². The molecular weight excluding hydrogens is 351 g/mol. The first-order chi connectivity index (χ1) is 9.31. The minimum atomic E-state index is -1.24. The molecule has 8 heteroatoms. The minimum Gasteiger partial charge on any atom is -0.480 e. The number of carbonyl (C=O) groups excluding carboxylic acids is 2. The quantitative estimate of drug-likeness (QED) is 0.712. The summed E-state index contributed by atoms with van der Waals surface area (Å²) in [6.45, 7) is 0. The fourth-order valence-corrected chi connectivity index (χ4v) is 2.02. The summed E-state index contributed by atoms with van der Waals surface area (Å²) in [7, 11) is 0. The number of amides is 2. The van der Waals surface area contributed by atoms with Gasteiger partial charge in [-0.15, -0.1) is 0 Å². The summed E-state index contributed by atoms with van der Waals surface area (Å²) in [5.41, 5.74) is 5.10. The second-order valence-electron chi connectivity index (χ2n) is 3.99. The lowest BCUT2D eigenvalue weighted by molar-refractivity contribution is -0.139. The summed E-state index contributed by atoms with van der Waals surface area (Å²) in [4.78, 5) is 33.7. The number of nitrogens with one attached hydrogen (secondary N) is 1. The van der Waals surface area contributed by atoms with Gasteiger partial charge in [0.25, 0.3) is 5.91 Å². The third-order valence-electron chi connectivity index (χ3n) is 2.46. The van der Waals surface area contributed by atoms with E-state index < -0.39 is 23.8 Å². The molecular formula is C12H12BrClN2O4. The molecule has 0 aliphatic carbocycles. The predicted molar refractivity (Wildman–Crippen MR) is 76.5 cm³/mol. The molecule has 108 valence electrons. The van der Waals surface area contributed by atoms with E-state index in [1.54, 1.807) is 6.07 Å². The SMILES string of the molecule is NC(=O)CC[C@H](NC(=O)c1cc(Br)ccc1Cl)C(=O)O. The second kappa shape index (κ2) is 7.25. The summed E-state index contributed by atoms with van der Waals surface area (Å²) in [5, 5.41) is 11.5. The lowest BCUT2D eigenvalue weighted by atomic mass is 10.1. The Hall–Kier alpha value is -1.60. The van der Waals surface area contributed by atoms with Crippen LogP contribution in [0, 0.1) is 0 Å². The van der Waals surface area contributed by atoms with Crippen molar-refractivity contribution < 1.29 is 19.5 Å². The molecule has 0 aromatic heterocycles. The van der Waals surface area contributed by atoms with Crippen LogP contribution in [0.3, 0.4) is 0 Å². The molecule has 2 amide bonds. The number of primary amides is 1. The average molecular weight is 364 g/mol. The van der Waals surface area contributed by atoms with Gasteiger partial charge < -0.3 is 16.2 Å². The third-order valence-corrected chi connectivity index (χ3v) is 3.28. The van der Waals surface area contributed by atoms with Crippen LogP contribution in [0.15, 0.2) is 22.7 Å². The van der Waals surface area contributed by atoms with E-state index in [0.29, 0.717) is 4.47 Å². The third kappa shape index (κ3) is 4.82. The zero-order chi connectivity index (χ0) is 15.3. The Morgan fingerprint density at radius 1 is 1.40 bits per heavy atom. The Kier molecular flexibility index (Phi) is 5.97. The highest BCUT2D eigenvalue weighted by atomic mass is 79.9. The molecule has 0 aliphatic rings. The van der Waals surface area contributed by atoms with E-state index in [-0.39, 0.29) is 23.4 Å². The maximum Gasteiger partial charge on any atom is 0.326 e. The molecule has 1 aromatic carbocycles. The van der Waals surface area contributed by atoms with Gasteiger partial charge in [0.15, 0.2) is 0 Å². The van der Waals surface area contributed by atoms with Crippen molar-refractivity contribution in [1.29, 1.82) is 0 Å². The first kappa shape index (κ1) is 16.5. The monoisotopic (exact) mass is 362 g/mol. The Balaban J connectivity index is 2.82. The van der Waals surface area contributed by atoms with E-state index in [1.165, 1.54) is 12.1 Å². The van der Waals surface area contributed by atoms with E-state index in [0.717, 1.165) is 0 Å². The maximum atomic E-state index is 12.0. The van der Waals surface area contributed by atoms with Crippen molar-refractivity contribution in [3.8, 4) is 0 Å². The number of aliphatic carboxylic acids is 1. The first-order valence-corrected chi connectivity index (χ1v) is 6.75. The molecule has 0 saturated heterocycles. The smallest absolute Gasteiger partial charge is 0.326 e. The standard InChI is InChI=1S/C12H12BrClN2O4/c13-6-1-2-8(14)7(5-6)11(18)16-9(12(19)20)3-4-10(15)17/h1-2,5,9H,3-4H2,(H2,15,17)(H,16,18)(H,19,20)/t9-/m0/s1. The van der Waals surface area contributed by atoms with E-state index in [1.807, 2.05) is 0 Å². The Morgan fingerprint density at radius 2 is 2.05 bits per heavy atom. The van der Waals surface area contributed by atoms with Crippen molar-refractivity contribution in [3.05, 3.63) is 33.3 Å². The molecule has 0 radical (unpaired) electrons. The van der Waals surface area contributed by atoms with Crippen molar-refractivity contribution in [2.75, 3.05) is 0 Å². The van der Waals surface area contributed by atoms with E-state index in [2.05, 4.69) is 21.2 Å². The highest BCUT2D eigenvalue weighted by Crippen LogP contribution is 2.21. The van der Waals surface area contributed by atoms with Gasteiger partial charge in [-0.05, 0) is 24.6 Å². The van der Waals surface area contributed by atoms with Crippen molar-refractivity contribution in [2.24, 2.45) is 5.73 Å². The van der Waals surface area contributed by atoms with Crippen molar-refractivity contribution >= 4 is 45.3 Å². The number of nitrogens with two attached hydrogens (primary N) is 1. The van der Waals surface area contributed by atoms with Gasteiger partial charge in [0, 0.05) is 10.9 Å². The number of hydrogen-bond acceptors (Lipinski definition) is 3. The topological polar surface area (TPSA) is 109 Å². The number of carboxylic acids is 1. The number of hydrogen-bond donors (Lipinski definition) is 3. The van der Waals surface area contributed by atoms with Crippen LogP contribution in [0.4, 0.5) is 0 Å². The van der Waals surface area contributed by atoms with Gasteiger partial charge >= 0.3 is 5.97 Å². The number of benzene rings is 1. The van der Waals surface area contributed by atoms with Gasteiger partial charge in [0.1, 0.15) is 6.04 Å². The summed E-state index contributed by atoms with van der Waals surface area (Å²) >= 11 is 9.07.